The maximum absolute atomic E-state index is 12.4. The van der Waals surface area contributed by atoms with Crippen molar-refractivity contribution in [1.82, 2.24) is 0 Å². The molecule has 0 radical (unpaired) electrons. The van der Waals surface area contributed by atoms with Crippen LogP contribution in [0, 0.1) is 0 Å². The number of carbonyl (C=O) groups is 4. The second kappa shape index (κ2) is 13.3. The van der Waals surface area contributed by atoms with Gasteiger partial charge in [0.15, 0.2) is 0 Å². The second-order valence-electron chi connectivity index (χ2n) is 9.01. The normalized spacial score (nSPS) is 10.9. The second-order valence-corrected chi connectivity index (χ2v) is 9.01. The lowest BCUT2D eigenvalue weighted by Crippen LogP contribution is -2.13. The predicted octanol–water partition coefficient (Wildman–Crippen LogP) is 5.98. The molecule has 204 valence electrons. The Balaban J connectivity index is 1.47. The maximum atomic E-state index is 12.4. The van der Waals surface area contributed by atoms with Crippen LogP contribution in [0.1, 0.15) is 43.0 Å². The van der Waals surface area contributed by atoms with Crippen LogP contribution in [0.15, 0.2) is 109 Å². The van der Waals surface area contributed by atoms with Crippen LogP contribution < -0.4 is 10.6 Å². The predicted molar refractivity (Wildman–Crippen MR) is 158 cm³/mol. The van der Waals surface area contributed by atoms with Gasteiger partial charge in [0.1, 0.15) is 0 Å². The quantitative estimate of drug-likeness (QED) is 0.181. The van der Waals surface area contributed by atoms with Crippen LogP contribution in [-0.2, 0) is 16.0 Å². The number of aromatic carboxylic acids is 2. The van der Waals surface area contributed by atoms with Gasteiger partial charge in [-0.05, 0) is 65.1 Å². The van der Waals surface area contributed by atoms with Crippen molar-refractivity contribution in [3.8, 4) is 0 Å². The molecular formula is C33H26N2O6. The van der Waals surface area contributed by atoms with Crippen LogP contribution in [0.4, 0.5) is 11.4 Å². The van der Waals surface area contributed by atoms with Gasteiger partial charge in [-0.2, -0.15) is 0 Å². The van der Waals surface area contributed by atoms with Crippen molar-refractivity contribution in [1.29, 1.82) is 0 Å². The minimum Gasteiger partial charge on any atom is -0.478 e. The highest BCUT2D eigenvalue weighted by Crippen LogP contribution is 2.23. The molecule has 8 nitrogen and oxygen atoms in total. The number of anilines is 2. The van der Waals surface area contributed by atoms with Crippen LogP contribution in [-0.4, -0.2) is 34.0 Å². The molecule has 0 saturated carbocycles. The first-order chi connectivity index (χ1) is 19.8. The Bertz CT molecular complexity index is 1520. The van der Waals surface area contributed by atoms with Gasteiger partial charge in [-0.15, -0.1) is 0 Å². The van der Waals surface area contributed by atoms with E-state index < -0.39 is 23.8 Å². The Labute approximate surface area is 236 Å². The zero-order chi connectivity index (χ0) is 29.2. The van der Waals surface area contributed by atoms with Crippen molar-refractivity contribution < 1.29 is 29.4 Å². The van der Waals surface area contributed by atoms with E-state index in [2.05, 4.69) is 10.6 Å². The van der Waals surface area contributed by atoms with E-state index in [1.807, 2.05) is 60.7 Å². The van der Waals surface area contributed by atoms with Gasteiger partial charge in [0.2, 0.25) is 11.8 Å². The van der Waals surface area contributed by atoms with Gasteiger partial charge in [-0.1, -0.05) is 72.8 Å². The Kier molecular flexibility index (Phi) is 9.20. The van der Waals surface area contributed by atoms with Gasteiger partial charge in [0.05, 0.1) is 22.5 Å². The third-order valence-electron chi connectivity index (χ3n) is 6.01. The number of carboxylic acids is 2. The highest BCUT2D eigenvalue weighted by atomic mass is 16.4. The first-order valence-electron chi connectivity index (χ1n) is 12.6. The van der Waals surface area contributed by atoms with Crippen LogP contribution in [0.3, 0.4) is 0 Å². The van der Waals surface area contributed by atoms with E-state index in [0.29, 0.717) is 11.1 Å². The van der Waals surface area contributed by atoms with Crippen molar-refractivity contribution in [2.24, 2.45) is 0 Å². The Morgan fingerprint density at radius 1 is 0.561 bits per heavy atom. The third-order valence-corrected chi connectivity index (χ3v) is 6.01. The summed E-state index contributed by atoms with van der Waals surface area (Å²) < 4.78 is 0. The average molecular weight is 547 g/mol. The Hall–Kier alpha value is -5.76. The lowest BCUT2D eigenvalue weighted by molar-refractivity contribution is -0.112. The molecule has 4 N–H and O–H groups in total. The SMILES string of the molecule is O=C(/C=C/c1ccccc1)Nc1ccc(Cc2ccc(NC(=O)/C=C/c3ccccc3)c(C(=O)O)c2)cc1C(=O)O. The molecule has 0 unspecified atom stereocenters. The standard InChI is InChI=1S/C33H26N2O6/c36-30(17-13-22-7-3-1-4-8-22)34-28-15-11-24(20-26(28)32(38)39)19-25-12-16-29(27(21-25)33(40)41)35-31(37)18-14-23-9-5-2-6-10-23/h1-18,20-21H,19H2,(H,34,36)(H,35,37)(H,38,39)(H,40,41)/b17-13+,18-14+. The number of hydrogen-bond acceptors (Lipinski definition) is 4. The average Bonchev–Trinajstić information content (AvgIpc) is 2.97. The summed E-state index contributed by atoms with van der Waals surface area (Å²) >= 11 is 0. The number of rotatable bonds is 10. The van der Waals surface area contributed by atoms with E-state index in [4.69, 9.17) is 0 Å². The summed E-state index contributed by atoms with van der Waals surface area (Å²) in [5.74, 6) is -3.40. The van der Waals surface area contributed by atoms with Gasteiger partial charge < -0.3 is 20.8 Å². The maximum Gasteiger partial charge on any atom is 0.337 e. The molecule has 0 atom stereocenters. The van der Waals surface area contributed by atoms with Crippen LogP contribution in [0.2, 0.25) is 0 Å². The summed E-state index contributed by atoms with van der Waals surface area (Å²) in [5, 5.41) is 24.7. The van der Waals surface area contributed by atoms with Gasteiger partial charge in [0.25, 0.3) is 0 Å². The van der Waals surface area contributed by atoms with Crippen molar-refractivity contribution in [2.75, 3.05) is 10.6 Å². The Morgan fingerprint density at radius 2 is 0.951 bits per heavy atom. The minimum atomic E-state index is -1.22. The molecule has 0 spiro atoms. The molecule has 0 aromatic heterocycles. The first-order valence-corrected chi connectivity index (χ1v) is 12.6. The number of carboxylic acid groups (broad SMARTS) is 2. The monoisotopic (exact) mass is 546 g/mol. The van der Waals surface area contributed by atoms with Crippen LogP contribution >= 0.6 is 0 Å². The van der Waals surface area contributed by atoms with E-state index in [0.717, 1.165) is 11.1 Å². The summed E-state index contributed by atoms with van der Waals surface area (Å²) in [6.07, 6.45) is 6.11. The number of benzene rings is 4. The zero-order valence-corrected chi connectivity index (χ0v) is 21.8. The number of carbonyl (C=O) groups excluding carboxylic acids is 2. The lowest BCUT2D eigenvalue weighted by Gasteiger charge is -2.12. The molecule has 8 heteroatoms. The molecule has 41 heavy (non-hydrogen) atoms. The van der Waals surface area contributed by atoms with Crippen molar-refractivity contribution in [2.45, 2.75) is 6.42 Å². The molecule has 4 aromatic rings. The van der Waals surface area contributed by atoms with E-state index >= 15 is 0 Å². The van der Waals surface area contributed by atoms with E-state index in [1.165, 1.54) is 36.4 Å². The first kappa shape index (κ1) is 28.3. The molecular weight excluding hydrogens is 520 g/mol. The van der Waals surface area contributed by atoms with Crippen LogP contribution in [0.5, 0.6) is 0 Å². The summed E-state index contributed by atoms with van der Waals surface area (Å²) in [5.41, 5.74) is 2.91. The summed E-state index contributed by atoms with van der Waals surface area (Å²) in [4.78, 5) is 48.6. The number of amides is 2. The summed E-state index contributed by atoms with van der Waals surface area (Å²) in [7, 11) is 0. The number of nitrogens with one attached hydrogen (secondary N) is 2. The molecule has 0 saturated heterocycles. The van der Waals surface area contributed by atoms with E-state index in [1.54, 1.807) is 24.3 Å². The summed E-state index contributed by atoms with van der Waals surface area (Å²) in [6, 6.07) is 27.6. The fourth-order valence-corrected chi connectivity index (χ4v) is 4.03. The fourth-order valence-electron chi connectivity index (χ4n) is 4.03. The highest BCUT2D eigenvalue weighted by Gasteiger charge is 2.16. The highest BCUT2D eigenvalue weighted by molar-refractivity contribution is 6.07. The molecule has 0 aliphatic rings. The largest absolute Gasteiger partial charge is 0.478 e. The smallest absolute Gasteiger partial charge is 0.337 e. The topological polar surface area (TPSA) is 133 Å². The van der Waals surface area contributed by atoms with Gasteiger partial charge in [0, 0.05) is 12.2 Å². The van der Waals surface area contributed by atoms with Gasteiger partial charge in [-0.3, -0.25) is 9.59 Å². The number of hydrogen-bond donors (Lipinski definition) is 4. The van der Waals surface area contributed by atoms with Gasteiger partial charge >= 0.3 is 11.9 Å². The Morgan fingerprint density at radius 3 is 1.32 bits per heavy atom. The lowest BCUT2D eigenvalue weighted by atomic mass is 9.99. The van der Waals surface area contributed by atoms with Crippen molar-refractivity contribution in [3.05, 3.63) is 143 Å². The molecule has 4 aromatic carbocycles. The fraction of sp³-hybridized carbons (Fsp3) is 0.0303. The van der Waals surface area contributed by atoms with E-state index in [9.17, 15) is 29.4 Å². The molecule has 2 amide bonds. The molecule has 0 fully saturated rings. The minimum absolute atomic E-state index is 0.100. The molecule has 0 heterocycles. The molecule has 0 aliphatic heterocycles. The zero-order valence-electron chi connectivity index (χ0n) is 21.8. The van der Waals surface area contributed by atoms with Crippen LogP contribution in [0.25, 0.3) is 12.2 Å². The summed E-state index contributed by atoms with van der Waals surface area (Å²) in [6.45, 7) is 0. The molecule has 0 aliphatic carbocycles. The van der Waals surface area contributed by atoms with Gasteiger partial charge in [-0.25, -0.2) is 9.59 Å². The molecule has 4 rings (SSSR count). The van der Waals surface area contributed by atoms with Crippen molar-refractivity contribution >= 4 is 47.3 Å². The van der Waals surface area contributed by atoms with Crippen molar-refractivity contribution in [3.63, 3.8) is 0 Å². The third kappa shape index (κ3) is 8.11. The van der Waals surface area contributed by atoms with E-state index in [-0.39, 0.29) is 28.9 Å². The molecule has 0 bridgehead atoms.